The van der Waals surface area contributed by atoms with Crippen LogP contribution in [0.25, 0.3) is 10.6 Å². The van der Waals surface area contributed by atoms with Gasteiger partial charge in [0.2, 0.25) is 10.9 Å². The van der Waals surface area contributed by atoms with Crippen molar-refractivity contribution in [2.24, 2.45) is 0 Å². The largest absolute Gasteiger partial charge is 0.341 e. The molecule has 4 aromatic rings. The summed E-state index contributed by atoms with van der Waals surface area (Å²) in [5.41, 5.74) is 1.35. The Labute approximate surface area is 185 Å². The first-order valence-corrected chi connectivity index (χ1v) is 11.7. The smallest absolute Gasteiger partial charge is 0.275 e. The Morgan fingerprint density at radius 3 is 2.80 bits per heavy atom. The molecule has 0 spiro atoms. The van der Waals surface area contributed by atoms with Gasteiger partial charge in [0.1, 0.15) is 5.01 Å². The molecular weight excluding hydrogens is 442 g/mol. The number of benzene rings is 1. The number of anilines is 1. The third-order valence-corrected chi connectivity index (χ3v) is 6.95. The van der Waals surface area contributed by atoms with E-state index in [1.54, 1.807) is 0 Å². The summed E-state index contributed by atoms with van der Waals surface area (Å²) in [5.74, 6) is 1.29. The number of thioether (sulfide) groups is 1. The lowest BCUT2D eigenvalue weighted by Gasteiger charge is -2.19. The van der Waals surface area contributed by atoms with Crippen LogP contribution in [0.4, 0.5) is 5.95 Å². The molecule has 1 aliphatic rings. The molecule has 0 N–H and O–H groups in total. The number of aryl methyl sites for hydroxylation is 1. The van der Waals surface area contributed by atoms with Crippen molar-refractivity contribution in [2.75, 3.05) is 18.0 Å². The summed E-state index contributed by atoms with van der Waals surface area (Å²) in [4.78, 5) is 19.7. The zero-order valence-corrected chi connectivity index (χ0v) is 18.5. The first-order valence-electron chi connectivity index (χ1n) is 9.54. The van der Waals surface area contributed by atoms with Crippen molar-refractivity contribution in [3.05, 3.63) is 56.4 Å². The second kappa shape index (κ2) is 8.01. The van der Waals surface area contributed by atoms with Crippen molar-refractivity contribution in [1.82, 2.24) is 29.4 Å². The molecular formula is C19H18ClN7OS2. The van der Waals surface area contributed by atoms with Gasteiger partial charge in [-0.3, -0.25) is 9.36 Å². The van der Waals surface area contributed by atoms with Gasteiger partial charge in [0.25, 0.3) is 5.56 Å². The highest BCUT2D eigenvalue weighted by atomic mass is 35.5. The van der Waals surface area contributed by atoms with Gasteiger partial charge in [-0.05, 0) is 31.9 Å². The second-order valence-corrected chi connectivity index (χ2v) is 9.46. The lowest BCUT2D eigenvalue weighted by atomic mass is 10.3. The SMILES string of the molecule is Cc1nn2c(=O)cc(CSc3nnc(N4CCCC4)n3-c3ccccc3Cl)nc2s1. The number of nitrogens with zero attached hydrogens (tertiary/aromatic N) is 7. The fourth-order valence-corrected chi connectivity index (χ4v) is 5.31. The molecule has 0 saturated carbocycles. The number of hydrogen-bond donors (Lipinski definition) is 0. The minimum Gasteiger partial charge on any atom is -0.341 e. The van der Waals surface area contributed by atoms with Gasteiger partial charge in [-0.15, -0.1) is 10.2 Å². The van der Waals surface area contributed by atoms with Crippen molar-refractivity contribution in [3.63, 3.8) is 0 Å². The monoisotopic (exact) mass is 459 g/mol. The highest BCUT2D eigenvalue weighted by Gasteiger charge is 2.23. The molecule has 1 aliphatic heterocycles. The first kappa shape index (κ1) is 19.5. The van der Waals surface area contributed by atoms with E-state index >= 15 is 0 Å². The maximum atomic E-state index is 12.3. The minimum atomic E-state index is -0.176. The standard InChI is InChI=1S/C19H18ClN7OS2/c1-12-24-27-16(28)10-13(21-18(27)30-12)11-29-19-23-22-17(25-8-4-5-9-25)26(19)15-7-3-2-6-14(15)20/h2-3,6-7,10H,4-5,8-9,11H2,1H3. The van der Waals surface area contributed by atoms with Crippen LogP contribution in [0.5, 0.6) is 0 Å². The van der Waals surface area contributed by atoms with Crippen LogP contribution in [0.2, 0.25) is 5.02 Å². The van der Waals surface area contributed by atoms with Crippen LogP contribution in [0.15, 0.2) is 40.3 Å². The number of aromatic nitrogens is 6. The van der Waals surface area contributed by atoms with Gasteiger partial charge in [-0.2, -0.15) is 9.61 Å². The second-order valence-electron chi connectivity index (χ2n) is 6.95. The van der Waals surface area contributed by atoms with Crippen LogP contribution in [-0.4, -0.2) is 42.5 Å². The summed E-state index contributed by atoms with van der Waals surface area (Å²) in [7, 11) is 0. The Kier molecular flexibility index (Phi) is 5.21. The summed E-state index contributed by atoms with van der Waals surface area (Å²) in [6, 6.07) is 9.21. The quantitative estimate of drug-likeness (QED) is 0.422. The summed E-state index contributed by atoms with van der Waals surface area (Å²) in [6.45, 7) is 3.76. The van der Waals surface area contributed by atoms with Crippen LogP contribution >= 0.6 is 34.7 Å². The van der Waals surface area contributed by atoms with Gasteiger partial charge < -0.3 is 4.90 Å². The molecule has 1 aromatic carbocycles. The van der Waals surface area contributed by atoms with E-state index in [1.165, 1.54) is 33.7 Å². The molecule has 0 unspecified atom stereocenters. The fourth-order valence-electron chi connectivity index (χ4n) is 3.49. The van der Waals surface area contributed by atoms with Crippen molar-refractivity contribution in [2.45, 2.75) is 30.7 Å². The van der Waals surface area contributed by atoms with E-state index in [0.29, 0.717) is 26.6 Å². The molecule has 3 aromatic heterocycles. The molecule has 154 valence electrons. The number of rotatable bonds is 5. The Morgan fingerprint density at radius 2 is 2.00 bits per heavy atom. The lowest BCUT2D eigenvalue weighted by Crippen LogP contribution is -2.22. The maximum absolute atomic E-state index is 12.3. The summed E-state index contributed by atoms with van der Waals surface area (Å²) < 4.78 is 3.34. The van der Waals surface area contributed by atoms with E-state index in [4.69, 9.17) is 11.6 Å². The molecule has 0 aliphatic carbocycles. The average molecular weight is 460 g/mol. The Bertz CT molecular complexity index is 1280. The van der Waals surface area contributed by atoms with Crippen LogP contribution < -0.4 is 10.5 Å². The van der Waals surface area contributed by atoms with Crippen molar-refractivity contribution in [3.8, 4) is 5.69 Å². The summed E-state index contributed by atoms with van der Waals surface area (Å²) in [5, 5.41) is 15.2. The predicted octanol–water partition coefficient (Wildman–Crippen LogP) is 3.59. The Balaban J connectivity index is 1.50. The number of hydrogen-bond acceptors (Lipinski definition) is 8. The van der Waals surface area contributed by atoms with Gasteiger partial charge in [-0.25, -0.2) is 4.98 Å². The molecule has 4 heterocycles. The van der Waals surface area contributed by atoms with Gasteiger partial charge >= 0.3 is 0 Å². The van der Waals surface area contributed by atoms with Crippen LogP contribution in [-0.2, 0) is 5.75 Å². The van der Waals surface area contributed by atoms with Crippen molar-refractivity contribution in [1.29, 1.82) is 0 Å². The zero-order valence-electron chi connectivity index (χ0n) is 16.2. The van der Waals surface area contributed by atoms with Gasteiger partial charge in [0.15, 0.2) is 5.16 Å². The number of para-hydroxylation sites is 1. The molecule has 1 saturated heterocycles. The molecule has 0 atom stereocenters. The molecule has 8 nitrogen and oxygen atoms in total. The van der Waals surface area contributed by atoms with Crippen LogP contribution in [0.1, 0.15) is 23.5 Å². The van der Waals surface area contributed by atoms with Crippen LogP contribution in [0.3, 0.4) is 0 Å². The number of fused-ring (bicyclic) bond motifs is 1. The Morgan fingerprint density at radius 1 is 1.20 bits per heavy atom. The lowest BCUT2D eigenvalue weighted by molar-refractivity contribution is 0.840. The van der Waals surface area contributed by atoms with E-state index in [0.717, 1.165) is 42.6 Å². The van der Waals surface area contributed by atoms with Gasteiger partial charge in [0, 0.05) is 24.9 Å². The highest BCUT2D eigenvalue weighted by Crippen LogP contribution is 2.32. The highest BCUT2D eigenvalue weighted by molar-refractivity contribution is 7.98. The molecule has 30 heavy (non-hydrogen) atoms. The number of halogens is 1. The van der Waals surface area contributed by atoms with Crippen molar-refractivity contribution >= 4 is 45.6 Å². The molecule has 1 fully saturated rings. The third kappa shape index (κ3) is 3.59. The van der Waals surface area contributed by atoms with E-state index in [9.17, 15) is 4.79 Å². The molecule has 5 rings (SSSR count). The molecule has 11 heteroatoms. The molecule has 0 amide bonds. The minimum absolute atomic E-state index is 0.176. The average Bonchev–Trinajstić information content (AvgIpc) is 3.46. The molecule has 0 radical (unpaired) electrons. The summed E-state index contributed by atoms with van der Waals surface area (Å²) in [6.07, 6.45) is 2.28. The van der Waals surface area contributed by atoms with E-state index in [2.05, 4.69) is 25.2 Å². The predicted molar refractivity (Wildman–Crippen MR) is 119 cm³/mol. The molecule has 0 bridgehead atoms. The topological polar surface area (TPSA) is 81.2 Å². The van der Waals surface area contributed by atoms with Crippen molar-refractivity contribution < 1.29 is 0 Å². The van der Waals surface area contributed by atoms with E-state index in [1.807, 2.05) is 35.8 Å². The van der Waals surface area contributed by atoms with Gasteiger partial charge in [0.05, 0.1) is 16.4 Å². The van der Waals surface area contributed by atoms with Gasteiger partial charge in [-0.1, -0.05) is 46.8 Å². The fraction of sp³-hybridized carbons (Fsp3) is 0.316. The van der Waals surface area contributed by atoms with E-state index in [-0.39, 0.29) is 5.56 Å². The van der Waals surface area contributed by atoms with E-state index < -0.39 is 0 Å². The normalized spacial score (nSPS) is 14.1. The summed E-state index contributed by atoms with van der Waals surface area (Å²) >= 11 is 9.39. The third-order valence-electron chi connectivity index (χ3n) is 4.85. The Hall–Kier alpha value is -2.43. The zero-order chi connectivity index (χ0) is 20.7. The van der Waals surface area contributed by atoms with Crippen LogP contribution in [0, 0.1) is 6.92 Å². The first-order chi connectivity index (χ1) is 14.6. The maximum Gasteiger partial charge on any atom is 0.275 e.